The molecular formula is C17H18N2O2S. The van der Waals surface area contributed by atoms with Gasteiger partial charge in [-0.15, -0.1) is 11.3 Å². The predicted molar refractivity (Wildman–Crippen MR) is 90.8 cm³/mol. The molecule has 2 rings (SSSR count). The van der Waals surface area contributed by atoms with Crippen LogP contribution in [-0.4, -0.2) is 18.4 Å². The fourth-order valence-electron chi connectivity index (χ4n) is 1.88. The molecule has 0 aliphatic carbocycles. The average Bonchev–Trinajstić information content (AvgIpc) is 2.99. The van der Waals surface area contributed by atoms with Crippen molar-refractivity contribution in [2.45, 2.75) is 13.3 Å². The molecule has 0 saturated carbocycles. The van der Waals surface area contributed by atoms with Crippen LogP contribution in [0.2, 0.25) is 0 Å². The van der Waals surface area contributed by atoms with Crippen molar-refractivity contribution in [1.82, 2.24) is 5.32 Å². The number of rotatable bonds is 6. The largest absolute Gasteiger partial charge is 0.352 e. The summed E-state index contributed by atoms with van der Waals surface area (Å²) in [5, 5.41) is 7.58. The first-order valence-electron chi connectivity index (χ1n) is 6.99. The average molecular weight is 314 g/mol. The summed E-state index contributed by atoms with van der Waals surface area (Å²) in [6, 6.07) is 11.4. The number of hydrogen-bond donors (Lipinski definition) is 2. The van der Waals surface area contributed by atoms with Crippen LogP contribution in [0.1, 0.15) is 17.4 Å². The van der Waals surface area contributed by atoms with Gasteiger partial charge >= 0.3 is 0 Å². The molecule has 0 aliphatic rings. The molecule has 4 nitrogen and oxygen atoms in total. The summed E-state index contributed by atoms with van der Waals surface area (Å²) in [5.74, 6) is -0.212. The molecule has 2 N–H and O–H groups in total. The zero-order chi connectivity index (χ0) is 15.8. The third kappa shape index (κ3) is 5.54. The molecule has 0 atom stereocenters. The van der Waals surface area contributed by atoms with E-state index in [1.165, 1.54) is 17.9 Å². The van der Waals surface area contributed by atoms with Gasteiger partial charge in [-0.25, -0.2) is 0 Å². The zero-order valence-electron chi connectivity index (χ0n) is 12.3. The lowest BCUT2D eigenvalue weighted by Gasteiger charge is -2.02. The molecule has 0 saturated heterocycles. The van der Waals surface area contributed by atoms with Crippen LogP contribution in [0.25, 0.3) is 6.08 Å². The maximum atomic E-state index is 11.7. The molecular weight excluding hydrogens is 296 g/mol. The van der Waals surface area contributed by atoms with Crippen LogP contribution >= 0.6 is 11.3 Å². The molecule has 0 aliphatic heterocycles. The predicted octanol–water partition coefficient (Wildman–Crippen LogP) is 3.08. The number of carbonyl (C=O) groups excluding carboxylic acids is 2. The van der Waals surface area contributed by atoms with Gasteiger partial charge in [-0.05, 0) is 41.6 Å². The molecule has 0 spiro atoms. The highest BCUT2D eigenvalue weighted by molar-refractivity contribution is 7.09. The first-order valence-corrected chi connectivity index (χ1v) is 7.87. The van der Waals surface area contributed by atoms with Gasteiger partial charge in [-0.1, -0.05) is 18.2 Å². The molecule has 0 unspecified atom stereocenters. The maximum absolute atomic E-state index is 11.7. The van der Waals surface area contributed by atoms with E-state index < -0.39 is 0 Å². The number of nitrogens with one attached hydrogen (secondary N) is 2. The Morgan fingerprint density at radius 3 is 2.59 bits per heavy atom. The Morgan fingerprint density at radius 1 is 1.18 bits per heavy atom. The summed E-state index contributed by atoms with van der Waals surface area (Å²) in [4.78, 5) is 23.9. The Hall–Kier alpha value is -2.40. The number of amides is 2. The van der Waals surface area contributed by atoms with Crippen LogP contribution in [0, 0.1) is 0 Å². The highest BCUT2D eigenvalue weighted by Gasteiger charge is 1.98. The van der Waals surface area contributed by atoms with Crippen molar-refractivity contribution in [2.75, 3.05) is 11.9 Å². The summed E-state index contributed by atoms with van der Waals surface area (Å²) >= 11 is 1.69. The van der Waals surface area contributed by atoms with Gasteiger partial charge in [0.25, 0.3) is 0 Å². The van der Waals surface area contributed by atoms with Crippen molar-refractivity contribution in [1.29, 1.82) is 0 Å². The van der Waals surface area contributed by atoms with Crippen molar-refractivity contribution >= 4 is 34.9 Å². The first-order chi connectivity index (χ1) is 10.6. The lowest BCUT2D eigenvalue weighted by atomic mass is 10.2. The van der Waals surface area contributed by atoms with Crippen LogP contribution in [0.3, 0.4) is 0 Å². The van der Waals surface area contributed by atoms with E-state index in [-0.39, 0.29) is 11.8 Å². The smallest absolute Gasteiger partial charge is 0.244 e. The number of anilines is 1. The second kappa shape index (κ2) is 8.14. The highest BCUT2D eigenvalue weighted by atomic mass is 32.1. The topological polar surface area (TPSA) is 58.2 Å². The van der Waals surface area contributed by atoms with E-state index >= 15 is 0 Å². The van der Waals surface area contributed by atoms with Crippen LogP contribution in [0.15, 0.2) is 47.9 Å². The van der Waals surface area contributed by atoms with Crippen molar-refractivity contribution in [3.63, 3.8) is 0 Å². The Bertz CT molecular complexity index is 646. The summed E-state index contributed by atoms with van der Waals surface area (Å²) in [6.07, 6.45) is 4.11. The van der Waals surface area contributed by atoms with Gasteiger partial charge in [0.2, 0.25) is 11.8 Å². The van der Waals surface area contributed by atoms with Crippen molar-refractivity contribution in [3.8, 4) is 0 Å². The van der Waals surface area contributed by atoms with Crippen LogP contribution in [0.5, 0.6) is 0 Å². The molecule has 114 valence electrons. The minimum Gasteiger partial charge on any atom is -0.352 e. The molecule has 22 heavy (non-hydrogen) atoms. The van der Waals surface area contributed by atoms with E-state index in [2.05, 4.69) is 16.7 Å². The summed E-state index contributed by atoms with van der Waals surface area (Å²) in [6.45, 7) is 2.10. The van der Waals surface area contributed by atoms with Gasteiger partial charge in [0.1, 0.15) is 0 Å². The molecule has 0 radical (unpaired) electrons. The van der Waals surface area contributed by atoms with Gasteiger partial charge < -0.3 is 10.6 Å². The SMILES string of the molecule is CC(=O)Nc1ccc(C=CC(=O)NCCc2cccs2)cc1. The molecule has 0 bridgehead atoms. The van der Waals surface area contributed by atoms with E-state index in [4.69, 9.17) is 0 Å². The van der Waals surface area contributed by atoms with Crippen molar-refractivity contribution in [2.24, 2.45) is 0 Å². The fraction of sp³-hybridized carbons (Fsp3) is 0.176. The lowest BCUT2D eigenvalue weighted by molar-refractivity contribution is -0.116. The quantitative estimate of drug-likeness (QED) is 0.805. The fourth-order valence-corrected chi connectivity index (χ4v) is 2.58. The Balaban J connectivity index is 1.77. The Labute approximate surface area is 133 Å². The second-order valence-corrected chi connectivity index (χ2v) is 5.79. The van der Waals surface area contributed by atoms with E-state index in [0.29, 0.717) is 6.54 Å². The third-order valence-corrected chi connectivity index (χ3v) is 3.85. The first kappa shape index (κ1) is 16.0. The van der Waals surface area contributed by atoms with E-state index in [1.807, 2.05) is 23.6 Å². The van der Waals surface area contributed by atoms with Crippen molar-refractivity contribution in [3.05, 3.63) is 58.3 Å². The van der Waals surface area contributed by atoms with E-state index in [9.17, 15) is 9.59 Å². The molecule has 5 heteroatoms. The molecule has 2 amide bonds. The van der Waals surface area contributed by atoms with Gasteiger partial charge in [0.05, 0.1) is 0 Å². The van der Waals surface area contributed by atoms with Gasteiger partial charge in [0.15, 0.2) is 0 Å². The minimum atomic E-state index is -0.109. The van der Waals surface area contributed by atoms with Crippen LogP contribution < -0.4 is 10.6 Å². The summed E-state index contributed by atoms with van der Waals surface area (Å²) in [7, 11) is 0. The number of hydrogen-bond acceptors (Lipinski definition) is 3. The van der Waals surface area contributed by atoms with Gasteiger partial charge in [-0.2, -0.15) is 0 Å². The Morgan fingerprint density at radius 2 is 1.95 bits per heavy atom. The van der Waals surface area contributed by atoms with Crippen LogP contribution in [-0.2, 0) is 16.0 Å². The molecule has 1 heterocycles. The summed E-state index contributed by atoms with van der Waals surface area (Å²) in [5.41, 5.74) is 1.65. The highest BCUT2D eigenvalue weighted by Crippen LogP contribution is 2.11. The molecule has 1 aromatic carbocycles. The summed E-state index contributed by atoms with van der Waals surface area (Å²) < 4.78 is 0. The lowest BCUT2D eigenvalue weighted by Crippen LogP contribution is -2.23. The van der Waals surface area contributed by atoms with Crippen LogP contribution in [0.4, 0.5) is 5.69 Å². The standard InChI is InChI=1S/C17H18N2O2S/c1-13(20)19-15-7-4-14(5-8-15)6-9-17(21)18-11-10-16-3-2-12-22-16/h2-9,12H,10-11H2,1H3,(H,18,21)(H,19,20). The maximum Gasteiger partial charge on any atom is 0.244 e. The molecule has 0 fully saturated rings. The van der Waals surface area contributed by atoms with Gasteiger partial charge in [-0.3, -0.25) is 9.59 Å². The van der Waals surface area contributed by atoms with Crippen molar-refractivity contribution < 1.29 is 9.59 Å². The van der Waals surface area contributed by atoms with E-state index in [1.54, 1.807) is 29.5 Å². The number of carbonyl (C=O) groups is 2. The van der Waals surface area contributed by atoms with E-state index in [0.717, 1.165) is 17.7 Å². The third-order valence-electron chi connectivity index (χ3n) is 2.91. The number of thiophene rings is 1. The molecule has 2 aromatic rings. The zero-order valence-corrected chi connectivity index (χ0v) is 13.2. The normalized spacial score (nSPS) is 10.6. The monoisotopic (exact) mass is 314 g/mol. The minimum absolute atomic E-state index is 0.103. The molecule has 1 aromatic heterocycles. The second-order valence-electron chi connectivity index (χ2n) is 4.76. The Kier molecular flexibility index (Phi) is 5.91. The number of benzene rings is 1. The van der Waals surface area contributed by atoms with Gasteiger partial charge in [0, 0.05) is 30.1 Å².